The molecular weight excluding hydrogens is 358 g/mol. The zero-order valence-electron chi connectivity index (χ0n) is 15.9. The third-order valence-corrected chi connectivity index (χ3v) is 5.29. The van der Waals surface area contributed by atoms with Crippen LogP contribution in [0.5, 0.6) is 0 Å². The molecule has 6 nitrogen and oxygen atoms in total. The van der Waals surface area contributed by atoms with Gasteiger partial charge in [-0.2, -0.15) is 4.68 Å². The quantitative estimate of drug-likeness (QED) is 0.663. The van der Waals surface area contributed by atoms with Crippen LogP contribution in [0.3, 0.4) is 0 Å². The first-order chi connectivity index (χ1) is 12.9. The molecule has 0 aliphatic carbocycles. The van der Waals surface area contributed by atoms with Gasteiger partial charge in [0.2, 0.25) is 11.1 Å². The minimum Gasteiger partial charge on any atom is -0.351 e. The lowest BCUT2D eigenvalue weighted by atomic mass is 10.1. The summed E-state index contributed by atoms with van der Waals surface area (Å²) in [7, 11) is 0. The van der Waals surface area contributed by atoms with Gasteiger partial charge in [0, 0.05) is 6.54 Å². The van der Waals surface area contributed by atoms with Gasteiger partial charge in [-0.05, 0) is 55.3 Å². The Morgan fingerprint density at radius 2 is 1.81 bits per heavy atom. The summed E-state index contributed by atoms with van der Waals surface area (Å²) in [5.74, 6) is -0.0456. The number of hydrogen-bond donors (Lipinski definition) is 1. The summed E-state index contributed by atoms with van der Waals surface area (Å²) in [6.45, 7) is 8.48. The van der Waals surface area contributed by atoms with E-state index in [1.807, 2.05) is 64.1 Å². The van der Waals surface area contributed by atoms with E-state index in [1.165, 1.54) is 22.9 Å². The Balaban J connectivity index is 1.66. The fourth-order valence-electron chi connectivity index (χ4n) is 2.70. The van der Waals surface area contributed by atoms with Crippen molar-refractivity contribution in [2.24, 2.45) is 0 Å². The van der Waals surface area contributed by atoms with E-state index in [2.05, 4.69) is 26.9 Å². The molecule has 0 unspecified atom stereocenters. The van der Waals surface area contributed by atoms with Gasteiger partial charge in [-0.3, -0.25) is 4.79 Å². The van der Waals surface area contributed by atoms with Crippen molar-refractivity contribution in [3.8, 4) is 5.69 Å². The number of benzene rings is 2. The number of nitrogens with one attached hydrogen (secondary N) is 1. The maximum atomic E-state index is 12.5. The highest BCUT2D eigenvalue weighted by Gasteiger charge is 2.19. The van der Waals surface area contributed by atoms with E-state index in [0.717, 1.165) is 16.8 Å². The lowest BCUT2D eigenvalue weighted by Gasteiger charge is -2.13. The van der Waals surface area contributed by atoms with E-state index in [1.54, 1.807) is 4.68 Å². The normalized spacial score (nSPS) is 12.0. The van der Waals surface area contributed by atoms with E-state index < -0.39 is 0 Å². The first kappa shape index (κ1) is 19.1. The predicted octanol–water partition coefficient (Wildman–Crippen LogP) is 3.38. The minimum atomic E-state index is -0.314. The van der Waals surface area contributed by atoms with Crippen LogP contribution in [0, 0.1) is 20.8 Å². The summed E-state index contributed by atoms with van der Waals surface area (Å²) in [5.41, 5.74) is 5.46. The van der Waals surface area contributed by atoms with E-state index in [4.69, 9.17) is 0 Å². The topological polar surface area (TPSA) is 72.7 Å². The first-order valence-electron chi connectivity index (χ1n) is 8.80. The van der Waals surface area contributed by atoms with Crippen molar-refractivity contribution in [2.45, 2.75) is 44.6 Å². The van der Waals surface area contributed by atoms with Crippen LogP contribution in [0.15, 0.2) is 47.6 Å². The first-order valence-corrected chi connectivity index (χ1v) is 9.68. The Kier molecular flexibility index (Phi) is 5.91. The van der Waals surface area contributed by atoms with E-state index in [-0.39, 0.29) is 11.2 Å². The molecular formula is C20H23N5OS. The molecule has 0 saturated heterocycles. The van der Waals surface area contributed by atoms with Gasteiger partial charge in [-0.1, -0.05) is 59.3 Å². The summed E-state index contributed by atoms with van der Waals surface area (Å²) in [6.07, 6.45) is 0. The second-order valence-corrected chi connectivity index (χ2v) is 7.93. The van der Waals surface area contributed by atoms with Crippen LogP contribution >= 0.6 is 11.8 Å². The van der Waals surface area contributed by atoms with Crippen LogP contribution < -0.4 is 5.32 Å². The molecule has 140 valence electrons. The molecule has 1 aromatic heterocycles. The largest absolute Gasteiger partial charge is 0.351 e. The molecule has 7 heteroatoms. The van der Waals surface area contributed by atoms with Crippen LogP contribution in [0.4, 0.5) is 0 Å². The van der Waals surface area contributed by atoms with E-state index in [0.29, 0.717) is 11.7 Å². The predicted molar refractivity (Wildman–Crippen MR) is 107 cm³/mol. The molecule has 1 atom stereocenters. The van der Waals surface area contributed by atoms with Gasteiger partial charge in [-0.25, -0.2) is 0 Å². The molecule has 0 radical (unpaired) electrons. The van der Waals surface area contributed by atoms with Gasteiger partial charge in [0.05, 0.1) is 10.9 Å². The third-order valence-electron chi connectivity index (χ3n) is 4.26. The lowest BCUT2D eigenvalue weighted by Crippen LogP contribution is -2.30. The average Bonchev–Trinajstić information content (AvgIpc) is 3.08. The fourth-order valence-corrected chi connectivity index (χ4v) is 3.52. The van der Waals surface area contributed by atoms with Gasteiger partial charge in [0.15, 0.2) is 0 Å². The average molecular weight is 382 g/mol. The highest BCUT2D eigenvalue weighted by atomic mass is 32.2. The molecule has 27 heavy (non-hydrogen) atoms. The van der Waals surface area contributed by atoms with Crippen molar-refractivity contribution in [2.75, 3.05) is 0 Å². The summed E-state index contributed by atoms with van der Waals surface area (Å²) >= 11 is 1.35. The van der Waals surface area contributed by atoms with Crippen molar-refractivity contribution >= 4 is 17.7 Å². The number of thioether (sulfide) groups is 1. The Morgan fingerprint density at radius 1 is 1.11 bits per heavy atom. The van der Waals surface area contributed by atoms with Crippen molar-refractivity contribution in [3.05, 3.63) is 64.7 Å². The van der Waals surface area contributed by atoms with Gasteiger partial charge < -0.3 is 5.32 Å². The van der Waals surface area contributed by atoms with Crippen molar-refractivity contribution < 1.29 is 4.79 Å². The Labute approximate surface area is 163 Å². The highest BCUT2D eigenvalue weighted by molar-refractivity contribution is 8.00. The molecule has 3 aromatic rings. The number of aryl methyl sites for hydroxylation is 3. The molecule has 1 N–H and O–H groups in total. The van der Waals surface area contributed by atoms with Gasteiger partial charge in [0.1, 0.15) is 0 Å². The Morgan fingerprint density at radius 3 is 2.52 bits per heavy atom. The molecule has 1 heterocycles. The van der Waals surface area contributed by atoms with Crippen molar-refractivity contribution in [3.63, 3.8) is 0 Å². The molecule has 2 aromatic carbocycles. The molecule has 0 saturated carbocycles. The standard InChI is InChI=1S/C20H23N5OS/c1-13-5-8-17(9-6-13)12-21-19(26)16(4)27-20-22-23-24-25(20)18-10-7-14(2)11-15(18)3/h5-11,16H,12H2,1-4H3,(H,21,26)/t16-/m0/s1. The number of amides is 1. The van der Waals surface area contributed by atoms with Gasteiger partial charge in [-0.15, -0.1) is 5.10 Å². The minimum absolute atomic E-state index is 0.0456. The maximum Gasteiger partial charge on any atom is 0.233 e. The SMILES string of the molecule is Cc1ccc(CNC(=O)[C@H](C)Sc2nnnn2-c2ccc(C)cc2C)cc1. The number of carbonyl (C=O) groups is 1. The maximum absolute atomic E-state index is 12.5. The van der Waals surface area contributed by atoms with Crippen LogP contribution in [0.1, 0.15) is 29.2 Å². The van der Waals surface area contributed by atoms with Crippen LogP contribution in [0.25, 0.3) is 5.69 Å². The van der Waals surface area contributed by atoms with Crippen LogP contribution in [0.2, 0.25) is 0 Å². The Bertz CT molecular complexity index is 936. The monoisotopic (exact) mass is 381 g/mol. The van der Waals surface area contributed by atoms with Crippen molar-refractivity contribution in [1.82, 2.24) is 25.5 Å². The van der Waals surface area contributed by atoms with Crippen molar-refractivity contribution in [1.29, 1.82) is 0 Å². The Hall–Kier alpha value is -2.67. The van der Waals surface area contributed by atoms with Crippen LogP contribution in [-0.2, 0) is 11.3 Å². The number of carbonyl (C=O) groups excluding carboxylic acids is 1. The number of rotatable bonds is 6. The molecule has 0 spiro atoms. The molecule has 3 rings (SSSR count). The van der Waals surface area contributed by atoms with E-state index >= 15 is 0 Å². The van der Waals surface area contributed by atoms with E-state index in [9.17, 15) is 4.79 Å². The second-order valence-electron chi connectivity index (χ2n) is 6.63. The highest BCUT2D eigenvalue weighted by Crippen LogP contribution is 2.24. The summed E-state index contributed by atoms with van der Waals surface area (Å²) < 4.78 is 1.68. The fraction of sp³-hybridized carbons (Fsp3) is 0.300. The number of aromatic nitrogens is 4. The zero-order valence-corrected chi connectivity index (χ0v) is 16.7. The molecule has 0 aliphatic rings. The number of tetrazole rings is 1. The summed E-state index contributed by atoms with van der Waals surface area (Å²) in [4.78, 5) is 12.5. The summed E-state index contributed by atoms with van der Waals surface area (Å²) in [6, 6.07) is 14.2. The van der Waals surface area contributed by atoms with Gasteiger partial charge in [0.25, 0.3) is 0 Å². The smallest absolute Gasteiger partial charge is 0.233 e. The van der Waals surface area contributed by atoms with Gasteiger partial charge >= 0.3 is 0 Å². The lowest BCUT2D eigenvalue weighted by molar-refractivity contribution is -0.120. The van der Waals surface area contributed by atoms with Crippen LogP contribution in [-0.4, -0.2) is 31.4 Å². The molecule has 0 fully saturated rings. The third kappa shape index (κ3) is 4.74. The number of hydrogen-bond acceptors (Lipinski definition) is 5. The molecule has 1 amide bonds. The molecule has 0 aliphatic heterocycles. The number of nitrogens with zero attached hydrogens (tertiary/aromatic N) is 4. The second kappa shape index (κ2) is 8.35. The summed E-state index contributed by atoms with van der Waals surface area (Å²) in [5, 5.41) is 15.2. The molecule has 0 bridgehead atoms. The zero-order chi connectivity index (χ0) is 19.4.